The van der Waals surface area contributed by atoms with Gasteiger partial charge < -0.3 is 15.2 Å². The van der Waals surface area contributed by atoms with Crippen LogP contribution in [-0.4, -0.2) is 24.2 Å². The Kier molecular flexibility index (Phi) is 5.75. The van der Waals surface area contributed by atoms with E-state index in [0.717, 1.165) is 0 Å². The third-order valence-corrected chi connectivity index (χ3v) is 3.34. The van der Waals surface area contributed by atoms with E-state index < -0.39 is 5.82 Å². The maximum Gasteiger partial charge on any atom is 0.251 e. The highest BCUT2D eigenvalue weighted by molar-refractivity contribution is 6.31. The molecule has 1 amide bonds. The van der Waals surface area contributed by atoms with Gasteiger partial charge in [-0.3, -0.25) is 4.79 Å². The lowest BCUT2D eigenvalue weighted by Gasteiger charge is -2.09. The Hall–Kier alpha value is -2.11. The summed E-state index contributed by atoms with van der Waals surface area (Å²) in [5, 5.41) is 11.3. The van der Waals surface area contributed by atoms with Crippen LogP contribution in [0.2, 0.25) is 5.02 Å². The maximum absolute atomic E-state index is 13.3. The van der Waals surface area contributed by atoms with E-state index in [4.69, 9.17) is 21.4 Å². The number of halogens is 2. The number of rotatable bonds is 6. The third kappa shape index (κ3) is 4.19. The lowest BCUT2D eigenvalue weighted by atomic mass is 10.2. The molecule has 2 aromatic carbocycles. The molecule has 0 saturated heterocycles. The second-order valence-electron chi connectivity index (χ2n) is 4.51. The summed E-state index contributed by atoms with van der Waals surface area (Å²) in [6.07, 6.45) is 0. The largest absolute Gasteiger partial charge is 0.489 e. The molecule has 0 fully saturated rings. The Morgan fingerprint density at radius 3 is 2.82 bits per heavy atom. The predicted octanol–water partition coefficient (Wildman–Crippen LogP) is 2.78. The number of carbonyl (C=O) groups excluding carboxylic acids is 1. The number of nitrogens with one attached hydrogen (secondary N) is 1. The summed E-state index contributed by atoms with van der Waals surface area (Å²) in [6.45, 7) is 0.154. The van der Waals surface area contributed by atoms with Crippen molar-refractivity contribution >= 4 is 17.5 Å². The van der Waals surface area contributed by atoms with E-state index in [2.05, 4.69) is 5.32 Å². The molecule has 2 rings (SSSR count). The molecule has 22 heavy (non-hydrogen) atoms. The van der Waals surface area contributed by atoms with Crippen LogP contribution in [0.15, 0.2) is 42.5 Å². The van der Waals surface area contributed by atoms with Crippen molar-refractivity contribution in [3.63, 3.8) is 0 Å². The Bertz CT molecular complexity index is 664. The minimum atomic E-state index is -0.500. The fraction of sp³-hybridized carbons (Fsp3) is 0.188. The molecular weight excluding hydrogens is 309 g/mol. The standard InChI is InChI=1S/C16H15ClFNO3/c17-15-12(4-2-6-14(15)18)10-22-13-5-1-3-11(9-13)16(21)19-7-8-20/h1-6,9,20H,7-8,10H2,(H,19,21). The van der Waals surface area contributed by atoms with Gasteiger partial charge in [0.2, 0.25) is 0 Å². The van der Waals surface area contributed by atoms with Crippen LogP contribution in [-0.2, 0) is 6.61 Å². The molecule has 2 N–H and O–H groups in total. The van der Waals surface area contributed by atoms with Crippen LogP contribution in [0.4, 0.5) is 4.39 Å². The zero-order valence-electron chi connectivity index (χ0n) is 11.7. The van der Waals surface area contributed by atoms with Crippen molar-refractivity contribution in [2.45, 2.75) is 6.61 Å². The van der Waals surface area contributed by atoms with Gasteiger partial charge in [0, 0.05) is 17.7 Å². The molecule has 0 saturated carbocycles. The van der Waals surface area contributed by atoms with Crippen LogP contribution < -0.4 is 10.1 Å². The van der Waals surface area contributed by atoms with Gasteiger partial charge in [0.25, 0.3) is 5.91 Å². The average molecular weight is 324 g/mol. The first-order chi connectivity index (χ1) is 10.6. The Balaban J connectivity index is 2.04. The number of benzene rings is 2. The van der Waals surface area contributed by atoms with E-state index in [9.17, 15) is 9.18 Å². The molecule has 0 radical (unpaired) electrons. The van der Waals surface area contributed by atoms with Crippen molar-refractivity contribution in [2.75, 3.05) is 13.2 Å². The normalized spacial score (nSPS) is 10.3. The molecule has 0 aliphatic carbocycles. The minimum absolute atomic E-state index is 0.0272. The van der Waals surface area contributed by atoms with Crippen LogP contribution >= 0.6 is 11.6 Å². The fourth-order valence-electron chi connectivity index (χ4n) is 1.82. The van der Waals surface area contributed by atoms with E-state index in [1.807, 2.05) is 0 Å². The number of amides is 1. The van der Waals surface area contributed by atoms with Gasteiger partial charge >= 0.3 is 0 Å². The van der Waals surface area contributed by atoms with Crippen molar-refractivity contribution in [1.82, 2.24) is 5.32 Å². The monoisotopic (exact) mass is 323 g/mol. The molecule has 0 bridgehead atoms. The second kappa shape index (κ2) is 7.77. The summed E-state index contributed by atoms with van der Waals surface area (Å²) >= 11 is 5.86. The summed E-state index contributed by atoms with van der Waals surface area (Å²) in [5.41, 5.74) is 0.938. The van der Waals surface area contributed by atoms with Gasteiger partial charge in [-0.1, -0.05) is 29.8 Å². The SMILES string of the molecule is O=C(NCCO)c1cccc(OCc2cccc(F)c2Cl)c1. The van der Waals surface area contributed by atoms with Gasteiger partial charge in [-0.15, -0.1) is 0 Å². The summed E-state index contributed by atoms with van der Waals surface area (Å²) < 4.78 is 18.9. The quantitative estimate of drug-likeness (QED) is 0.859. The molecule has 4 nitrogen and oxygen atoms in total. The molecule has 0 atom stereocenters. The van der Waals surface area contributed by atoms with Gasteiger partial charge in [0.05, 0.1) is 11.6 Å². The number of ether oxygens (including phenoxy) is 1. The van der Waals surface area contributed by atoms with Gasteiger partial charge in [-0.2, -0.15) is 0 Å². The molecular formula is C16H15ClFNO3. The second-order valence-corrected chi connectivity index (χ2v) is 4.89. The predicted molar refractivity (Wildman–Crippen MR) is 81.6 cm³/mol. The summed E-state index contributed by atoms with van der Waals surface area (Å²) in [4.78, 5) is 11.8. The van der Waals surface area contributed by atoms with Crippen molar-refractivity contribution in [3.8, 4) is 5.75 Å². The molecule has 0 aromatic heterocycles. The van der Waals surface area contributed by atoms with Gasteiger partial charge in [-0.05, 0) is 24.3 Å². The Labute approximate surface area is 132 Å². The van der Waals surface area contributed by atoms with E-state index in [1.165, 1.54) is 6.07 Å². The summed E-state index contributed by atoms with van der Waals surface area (Å²) in [7, 11) is 0. The molecule has 0 aliphatic rings. The van der Waals surface area contributed by atoms with E-state index in [1.54, 1.807) is 36.4 Å². The third-order valence-electron chi connectivity index (χ3n) is 2.92. The van der Waals surface area contributed by atoms with Crippen LogP contribution in [0.25, 0.3) is 0 Å². The smallest absolute Gasteiger partial charge is 0.251 e. The molecule has 116 valence electrons. The van der Waals surface area contributed by atoms with Crippen molar-refractivity contribution in [2.24, 2.45) is 0 Å². The summed E-state index contributed by atoms with van der Waals surface area (Å²) in [5.74, 6) is -0.333. The van der Waals surface area contributed by atoms with Gasteiger partial charge in [-0.25, -0.2) is 4.39 Å². The first-order valence-corrected chi connectivity index (χ1v) is 7.04. The highest BCUT2D eigenvalue weighted by Crippen LogP contribution is 2.22. The Morgan fingerprint density at radius 1 is 1.27 bits per heavy atom. The maximum atomic E-state index is 13.3. The van der Waals surface area contributed by atoms with Crippen molar-refractivity contribution in [3.05, 3.63) is 64.4 Å². The topological polar surface area (TPSA) is 58.6 Å². The van der Waals surface area contributed by atoms with Crippen molar-refractivity contribution < 1.29 is 19.0 Å². The Morgan fingerprint density at radius 2 is 2.05 bits per heavy atom. The van der Waals surface area contributed by atoms with Crippen molar-refractivity contribution in [1.29, 1.82) is 0 Å². The number of hydrogen-bond acceptors (Lipinski definition) is 3. The highest BCUT2D eigenvalue weighted by atomic mass is 35.5. The van der Waals surface area contributed by atoms with Crippen LogP contribution in [0.5, 0.6) is 5.75 Å². The molecule has 2 aromatic rings. The zero-order valence-corrected chi connectivity index (χ0v) is 12.4. The number of hydrogen-bond donors (Lipinski definition) is 2. The number of aliphatic hydroxyl groups excluding tert-OH is 1. The van der Waals surface area contributed by atoms with Gasteiger partial charge in [0.1, 0.15) is 18.2 Å². The zero-order chi connectivity index (χ0) is 15.9. The fourth-order valence-corrected chi connectivity index (χ4v) is 2.00. The first-order valence-electron chi connectivity index (χ1n) is 6.66. The lowest BCUT2D eigenvalue weighted by Crippen LogP contribution is -2.26. The highest BCUT2D eigenvalue weighted by Gasteiger charge is 2.08. The number of aliphatic hydroxyl groups is 1. The van der Waals surface area contributed by atoms with Crippen LogP contribution in [0, 0.1) is 5.82 Å². The molecule has 0 heterocycles. The molecule has 0 spiro atoms. The molecule has 0 unspecified atom stereocenters. The van der Waals surface area contributed by atoms with Gasteiger partial charge in [0.15, 0.2) is 0 Å². The molecule has 6 heteroatoms. The van der Waals surface area contributed by atoms with E-state index in [0.29, 0.717) is 16.9 Å². The lowest BCUT2D eigenvalue weighted by molar-refractivity contribution is 0.0944. The van der Waals surface area contributed by atoms with Crippen LogP contribution in [0.1, 0.15) is 15.9 Å². The van der Waals surface area contributed by atoms with E-state index >= 15 is 0 Å². The first kappa shape index (κ1) is 16.3. The van der Waals surface area contributed by atoms with E-state index in [-0.39, 0.29) is 30.7 Å². The average Bonchev–Trinajstić information content (AvgIpc) is 2.54. The van der Waals surface area contributed by atoms with Crippen LogP contribution in [0.3, 0.4) is 0 Å². The summed E-state index contributed by atoms with van der Waals surface area (Å²) in [6, 6.07) is 11.1. The number of carbonyl (C=O) groups is 1. The minimum Gasteiger partial charge on any atom is -0.489 e. The molecule has 0 aliphatic heterocycles.